The molecule has 0 unspecified atom stereocenters. The maximum atomic E-state index is 11.7. The lowest BCUT2D eigenvalue weighted by Gasteiger charge is -1.96. The van der Waals surface area contributed by atoms with Crippen LogP contribution in [0.1, 0.15) is 21.7 Å². The first-order valence-corrected chi connectivity index (χ1v) is 5.86. The monoisotopic (exact) mass is 272 g/mol. The third-order valence-electron chi connectivity index (χ3n) is 2.65. The van der Waals surface area contributed by atoms with E-state index in [1.165, 1.54) is 12.3 Å². The summed E-state index contributed by atoms with van der Waals surface area (Å²) in [6.45, 7) is 0. The highest BCUT2D eigenvalue weighted by atomic mass is 16.4. The van der Waals surface area contributed by atoms with Gasteiger partial charge in [-0.2, -0.15) is 0 Å². The molecule has 0 saturated heterocycles. The van der Waals surface area contributed by atoms with Crippen molar-refractivity contribution >= 4 is 11.8 Å². The van der Waals surface area contributed by atoms with Crippen molar-refractivity contribution in [1.29, 1.82) is 0 Å². The molecule has 1 aromatic carbocycles. The first-order chi connectivity index (χ1) is 9.56. The first kappa shape index (κ1) is 13.6. The molecule has 2 N–H and O–H groups in total. The van der Waals surface area contributed by atoms with E-state index in [4.69, 9.17) is 14.6 Å². The number of hydrogen-bond acceptors (Lipinski definition) is 4. The largest absolute Gasteiger partial charge is 0.502 e. The second kappa shape index (κ2) is 5.88. The number of benzene rings is 1. The summed E-state index contributed by atoms with van der Waals surface area (Å²) in [6.07, 6.45) is 2.43. The molecular formula is C15H12O5. The van der Waals surface area contributed by atoms with Crippen molar-refractivity contribution in [2.24, 2.45) is 0 Å². The molecule has 1 heterocycles. The Labute approximate surface area is 114 Å². The Morgan fingerprint density at radius 2 is 1.85 bits per heavy atom. The maximum absolute atomic E-state index is 11.7. The minimum absolute atomic E-state index is 0.198. The fraction of sp³-hybridized carbons (Fsp3) is 0.0667. The number of carbonyl (C=O) groups excluding carboxylic acids is 1. The Bertz CT molecular complexity index is 652. The van der Waals surface area contributed by atoms with Gasteiger partial charge in [0.2, 0.25) is 5.76 Å². The quantitative estimate of drug-likeness (QED) is 0.496. The normalized spacial score (nSPS) is 11.3. The predicted molar refractivity (Wildman–Crippen MR) is 70.6 cm³/mol. The van der Waals surface area contributed by atoms with Gasteiger partial charge < -0.3 is 14.6 Å². The third-order valence-corrected chi connectivity index (χ3v) is 2.65. The number of aliphatic hydroxyl groups excluding tert-OH is 1. The zero-order valence-electron chi connectivity index (χ0n) is 10.4. The number of carboxylic acid groups (broad SMARTS) is 1. The average Bonchev–Trinajstić information content (AvgIpc) is 2.88. The number of ketones is 1. The lowest BCUT2D eigenvalue weighted by molar-refractivity contribution is -0.135. The highest BCUT2D eigenvalue weighted by Gasteiger charge is 2.12. The molecule has 0 atom stereocenters. The topological polar surface area (TPSA) is 87.7 Å². The summed E-state index contributed by atoms with van der Waals surface area (Å²) in [5.41, 5.74) is 1.23. The summed E-state index contributed by atoms with van der Waals surface area (Å²) in [7, 11) is 0. The average molecular weight is 272 g/mol. The molecule has 0 aliphatic rings. The van der Waals surface area contributed by atoms with Crippen molar-refractivity contribution in [3.63, 3.8) is 0 Å². The Morgan fingerprint density at radius 1 is 1.15 bits per heavy atom. The number of allylic oxidation sites excluding steroid dienone is 1. The van der Waals surface area contributed by atoms with Crippen LogP contribution in [0.25, 0.3) is 0 Å². The van der Waals surface area contributed by atoms with Crippen molar-refractivity contribution in [1.82, 2.24) is 0 Å². The van der Waals surface area contributed by atoms with Crippen molar-refractivity contribution in [2.45, 2.75) is 6.42 Å². The number of rotatable bonds is 5. The van der Waals surface area contributed by atoms with Crippen LogP contribution in [-0.2, 0) is 11.2 Å². The third kappa shape index (κ3) is 3.35. The number of carboxylic acids is 1. The standard InChI is InChI=1S/C15H12O5/c16-13(8-14(17)15(18)19)11-7-12(20-9-11)6-10-4-2-1-3-5-10/h1-5,7-9,17H,6H2,(H,18,19)/b14-8-. The van der Waals surface area contributed by atoms with E-state index < -0.39 is 17.5 Å². The van der Waals surface area contributed by atoms with E-state index in [1.54, 1.807) is 0 Å². The summed E-state index contributed by atoms with van der Waals surface area (Å²) in [5.74, 6) is -2.58. The summed E-state index contributed by atoms with van der Waals surface area (Å²) in [5, 5.41) is 17.5. The van der Waals surface area contributed by atoms with Crippen LogP contribution in [0.15, 0.2) is 58.9 Å². The maximum Gasteiger partial charge on any atom is 0.371 e. The minimum atomic E-state index is -1.55. The van der Waals surface area contributed by atoms with E-state index in [0.29, 0.717) is 18.3 Å². The van der Waals surface area contributed by atoms with E-state index in [9.17, 15) is 9.59 Å². The van der Waals surface area contributed by atoms with Gasteiger partial charge >= 0.3 is 5.97 Å². The smallest absolute Gasteiger partial charge is 0.371 e. The minimum Gasteiger partial charge on any atom is -0.502 e. The van der Waals surface area contributed by atoms with Gasteiger partial charge in [0.05, 0.1) is 5.56 Å². The van der Waals surface area contributed by atoms with Gasteiger partial charge in [-0.15, -0.1) is 0 Å². The van der Waals surface area contributed by atoms with Gasteiger partial charge in [0.15, 0.2) is 5.78 Å². The molecule has 20 heavy (non-hydrogen) atoms. The molecule has 0 fully saturated rings. The highest BCUT2D eigenvalue weighted by molar-refractivity contribution is 6.07. The van der Waals surface area contributed by atoms with Gasteiger partial charge in [-0.25, -0.2) is 4.79 Å². The molecule has 0 amide bonds. The van der Waals surface area contributed by atoms with Crippen molar-refractivity contribution in [2.75, 3.05) is 0 Å². The molecule has 102 valence electrons. The van der Waals surface area contributed by atoms with Crippen LogP contribution in [-0.4, -0.2) is 22.0 Å². The van der Waals surface area contributed by atoms with Crippen molar-refractivity contribution in [3.8, 4) is 0 Å². The molecule has 0 spiro atoms. The van der Waals surface area contributed by atoms with Crippen LogP contribution in [0.2, 0.25) is 0 Å². The fourth-order valence-corrected chi connectivity index (χ4v) is 1.67. The summed E-state index contributed by atoms with van der Waals surface area (Å²) < 4.78 is 5.25. The number of aliphatic carboxylic acids is 1. The van der Waals surface area contributed by atoms with Crippen LogP contribution in [0.4, 0.5) is 0 Å². The molecule has 5 nitrogen and oxygen atoms in total. The Kier molecular flexibility index (Phi) is 4.00. The van der Waals surface area contributed by atoms with E-state index in [1.807, 2.05) is 30.3 Å². The van der Waals surface area contributed by atoms with Crippen LogP contribution in [0.5, 0.6) is 0 Å². The Morgan fingerprint density at radius 3 is 2.50 bits per heavy atom. The molecule has 2 rings (SSSR count). The molecule has 0 saturated carbocycles. The second-order valence-electron chi connectivity index (χ2n) is 4.16. The van der Waals surface area contributed by atoms with Crippen molar-refractivity contribution < 1.29 is 24.2 Å². The molecular weight excluding hydrogens is 260 g/mol. The Balaban J connectivity index is 2.11. The fourth-order valence-electron chi connectivity index (χ4n) is 1.67. The molecule has 0 aliphatic heterocycles. The van der Waals surface area contributed by atoms with Gasteiger partial charge in [0.1, 0.15) is 12.0 Å². The van der Waals surface area contributed by atoms with Gasteiger partial charge in [-0.3, -0.25) is 4.79 Å². The van der Waals surface area contributed by atoms with Gasteiger partial charge in [0.25, 0.3) is 0 Å². The van der Waals surface area contributed by atoms with Crippen LogP contribution in [0, 0.1) is 0 Å². The molecule has 2 aromatic rings. The molecule has 0 aliphatic carbocycles. The summed E-state index contributed by atoms with van der Waals surface area (Å²) >= 11 is 0. The van der Waals surface area contributed by atoms with Crippen molar-refractivity contribution in [3.05, 3.63) is 71.4 Å². The number of aliphatic hydroxyl groups is 1. The number of hydrogen-bond donors (Lipinski definition) is 2. The molecule has 0 radical (unpaired) electrons. The summed E-state index contributed by atoms with van der Waals surface area (Å²) in [6, 6.07) is 11.1. The lowest BCUT2D eigenvalue weighted by atomic mass is 10.1. The number of furan rings is 1. The SMILES string of the molecule is O=C(O)/C(O)=C/C(=O)c1coc(Cc2ccccc2)c1. The van der Waals surface area contributed by atoms with Gasteiger partial charge in [0, 0.05) is 12.5 Å². The zero-order valence-corrected chi connectivity index (χ0v) is 10.4. The molecule has 1 aromatic heterocycles. The first-order valence-electron chi connectivity index (χ1n) is 5.86. The van der Waals surface area contributed by atoms with E-state index >= 15 is 0 Å². The van der Waals surface area contributed by atoms with E-state index in [2.05, 4.69) is 0 Å². The van der Waals surface area contributed by atoms with Gasteiger partial charge in [-0.05, 0) is 11.6 Å². The van der Waals surface area contributed by atoms with Crippen LogP contribution < -0.4 is 0 Å². The second-order valence-corrected chi connectivity index (χ2v) is 4.16. The van der Waals surface area contributed by atoms with E-state index in [-0.39, 0.29) is 5.56 Å². The zero-order chi connectivity index (χ0) is 14.5. The van der Waals surface area contributed by atoms with Crippen LogP contribution >= 0.6 is 0 Å². The summed E-state index contributed by atoms with van der Waals surface area (Å²) in [4.78, 5) is 22.1. The lowest BCUT2D eigenvalue weighted by Crippen LogP contribution is -2.03. The number of carbonyl (C=O) groups is 2. The molecule has 0 bridgehead atoms. The predicted octanol–water partition coefficient (Wildman–Crippen LogP) is 2.58. The van der Waals surface area contributed by atoms with Crippen LogP contribution in [0.3, 0.4) is 0 Å². The highest BCUT2D eigenvalue weighted by Crippen LogP contribution is 2.14. The molecule has 5 heteroatoms. The van der Waals surface area contributed by atoms with Gasteiger partial charge in [-0.1, -0.05) is 30.3 Å². The Hall–Kier alpha value is -2.82. The van der Waals surface area contributed by atoms with E-state index in [0.717, 1.165) is 5.56 Å².